The van der Waals surface area contributed by atoms with E-state index >= 15 is 0 Å². The Labute approximate surface area is 137 Å². The van der Waals surface area contributed by atoms with E-state index in [0.717, 1.165) is 19.3 Å². The summed E-state index contributed by atoms with van der Waals surface area (Å²) < 4.78 is 28.1. The van der Waals surface area contributed by atoms with Gasteiger partial charge in [0, 0.05) is 39.4 Å². The summed E-state index contributed by atoms with van der Waals surface area (Å²) in [4.78, 5) is 12.1. The van der Waals surface area contributed by atoms with Gasteiger partial charge in [0.25, 0.3) is 5.91 Å². The number of rotatable bonds is 5. The number of nitrogens with two attached hydrogens (primary N) is 1. The van der Waals surface area contributed by atoms with E-state index in [-0.39, 0.29) is 23.2 Å². The Kier molecular flexibility index (Phi) is 6.86. The maximum Gasteiger partial charge on any atom is 0.267 e. The first-order valence-corrected chi connectivity index (χ1v) is 8.55. The first kappa shape index (κ1) is 19.0. The topological polar surface area (TPSA) is 97.4 Å². The number of hydrogen-bond acceptors (Lipinski definition) is 4. The second kappa shape index (κ2) is 7.96. The summed E-state index contributed by atoms with van der Waals surface area (Å²) in [5.41, 5.74) is 5.66. The van der Waals surface area contributed by atoms with Gasteiger partial charge < -0.3 is 15.6 Å². The van der Waals surface area contributed by atoms with Gasteiger partial charge in [-0.1, -0.05) is 6.42 Å². The SMILES string of the molecule is Cl.Cn1cc(S(=O)(=O)N2CCCCC2)cc1C(=O)NCCN. The van der Waals surface area contributed by atoms with Gasteiger partial charge in [-0.2, -0.15) is 4.31 Å². The van der Waals surface area contributed by atoms with E-state index in [9.17, 15) is 13.2 Å². The van der Waals surface area contributed by atoms with Crippen LogP contribution in [0.2, 0.25) is 0 Å². The molecule has 0 atom stereocenters. The summed E-state index contributed by atoms with van der Waals surface area (Å²) >= 11 is 0. The molecule has 0 spiro atoms. The van der Waals surface area contributed by atoms with Crippen LogP contribution in [-0.2, 0) is 17.1 Å². The van der Waals surface area contributed by atoms with Crippen molar-refractivity contribution < 1.29 is 13.2 Å². The fourth-order valence-corrected chi connectivity index (χ4v) is 4.02. The lowest BCUT2D eigenvalue weighted by Gasteiger charge is -2.25. The summed E-state index contributed by atoms with van der Waals surface area (Å²) in [6, 6.07) is 1.43. The molecule has 1 aromatic heterocycles. The molecule has 0 aromatic carbocycles. The van der Waals surface area contributed by atoms with Crippen LogP contribution in [0.1, 0.15) is 29.8 Å². The zero-order chi connectivity index (χ0) is 15.5. The van der Waals surface area contributed by atoms with E-state index in [1.54, 1.807) is 7.05 Å². The minimum atomic E-state index is -3.51. The standard InChI is InChI=1S/C13H22N4O3S.ClH/c1-16-10-11(9-12(16)13(18)15-6-5-14)21(19,20)17-7-3-2-4-8-17;/h9-10H,2-8,14H2,1H3,(H,15,18);1H. The molecule has 0 unspecified atom stereocenters. The molecule has 1 amide bonds. The molecule has 0 radical (unpaired) electrons. The second-order valence-electron chi connectivity index (χ2n) is 5.18. The summed E-state index contributed by atoms with van der Waals surface area (Å²) in [5, 5.41) is 2.64. The molecule has 0 bridgehead atoms. The van der Waals surface area contributed by atoms with Crippen LogP contribution in [0.4, 0.5) is 0 Å². The average molecular weight is 351 g/mol. The lowest BCUT2D eigenvalue weighted by molar-refractivity contribution is 0.0946. The molecule has 1 aromatic rings. The molecule has 2 rings (SSSR count). The molecule has 7 nitrogen and oxygen atoms in total. The van der Waals surface area contributed by atoms with Crippen LogP contribution in [0.3, 0.4) is 0 Å². The van der Waals surface area contributed by atoms with Gasteiger partial charge in [-0.05, 0) is 18.9 Å². The predicted octanol–water partition coefficient (Wildman–Crippen LogP) is 0.310. The minimum absolute atomic E-state index is 0. The Morgan fingerprint density at radius 2 is 1.95 bits per heavy atom. The van der Waals surface area contributed by atoms with Crippen molar-refractivity contribution in [2.24, 2.45) is 12.8 Å². The van der Waals surface area contributed by atoms with Crippen molar-refractivity contribution >= 4 is 28.3 Å². The molecule has 0 saturated carbocycles. The van der Waals surface area contributed by atoms with Gasteiger partial charge in [-0.15, -0.1) is 12.4 Å². The smallest absolute Gasteiger partial charge is 0.267 e. The van der Waals surface area contributed by atoms with Gasteiger partial charge in [0.1, 0.15) is 10.6 Å². The minimum Gasteiger partial charge on any atom is -0.349 e. The van der Waals surface area contributed by atoms with Crippen molar-refractivity contribution in [3.05, 3.63) is 18.0 Å². The zero-order valence-electron chi connectivity index (χ0n) is 12.6. The summed E-state index contributed by atoms with van der Waals surface area (Å²) in [6.07, 6.45) is 4.32. The highest BCUT2D eigenvalue weighted by atomic mass is 35.5. The predicted molar refractivity (Wildman–Crippen MR) is 86.7 cm³/mol. The molecular formula is C13H23ClN4O3S. The largest absolute Gasteiger partial charge is 0.349 e. The van der Waals surface area contributed by atoms with Crippen molar-refractivity contribution in [3.63, 3.8) is 0 Å². The monoisotopic (exact) mass is 350 g/mol. The van der Waals surface area contributed by atoms with Crippen LogP contribution in [0.25, 0.3) is 0 Å². The highest BCUT2D eigenvalue weighted by Crippen LogP contribution is 2.22. The molecular weight excluding hydrogens is 328 g/mol. The van der Waals surface area contributed by atoms with Crippen molar-refractivity contribution in [2.45, 2.75) is 24.2 Å². The lowest BCUT2D eigenvalue weighted by atomic mass is 10.2. The molecule has 9 heteroatoms. The van der Waals surface area contributed by atoms with Crippen molar-refractivity contribution in [1.82, 2.24) is 14.2 Å². The van der Waals surface area contributed by atoms with Crippen LogP contribution in [0.15, 0.2) is 17.2 Å². The third-order valence-electron chi connectivity index (χ3n) is 3.60. The van der Waals surface area contributed by atoms with E-state index in [4.69, 9.17) is 5.73 Å². The molecule has 1 saturated heterocycles. The van der Waals surface area contributed by atoms with Gasteiger partial charge in [0.05, 0.1) is 0 Å². The molecule has 1 aliphatic heterocycles. The number of amides is 1. The Balaban J connectivity index is 0.00000242. The van der Waals surface area contributed by atoms with Gasteiger partial charge in [-0.25, -0.2) is 8.42 Å². The Morgan fingerprint density at radius 3 is 2.55 bits per heavy atom. The van der Waals surface area contributed by atoms with E-state index in [1.807, 2.05) is 0 Å². The fraction of sp³-hybridized carbons (Fsp3) is 0.615. The molecule has 3 N–H and O–H groups in total. The van der Waals surface area contributed by atoms with Gasteiger partial charge in [0.2, 0.25) is 10.0 Å². The maximum absolute atomic E-state index is 12.6. The number of carbonyl (C=O) groups excluding carboxylic acids is 1. The van der Waals surface area contributed by atoms with E-state index in [2.05, 4.69) is 5.32 Å². The van der Waals surface area contributed by atoms with E-state index in [0.29, 0.717) is 31.9 Å². The quantitative estimate of drug-likeness (QED) is 0.798. The molecule has 0 aliphatic carbocycles. The highest BCUT2D eigenvalue weighted by molar-refractivity contribution is 7.89. The zero-order valence-corrected chi connectivity index (χ0v) is 14.3. The number of sulfonamides is 1. The number of hydrogen-bond donors (Lipinski definition) is 2. The number of aryl methyl sites for hydroxylation is 1. The molecule has 2 heterocycles. The number of nitrogens with zero attached hydrogens (tertiary/aromatic N) is 2. The number of halogens is 1. The van der Waals surface area contributed by atoms with Gasteiger partial charge in [-0.3, -0.25) is 4.79 Å². The Hall–Kier alpha value is -1.09. The van der Waals surface area contributed by atoms with Crippen LogP contribution < -0.4 is 11.1 Å². The fourth-order valence-electron chi connectivity index (χ4n) is 2.43. The Bertz CT molecular complexity index is 609. The van der Waals surface area contributed by atoms with Crippen LogP contribution in [0, 0.1) is 0 Å². The highest BCUT2D eigenvalue weighted by Gasteiger charge is 2.28. The number of aromatic nitrogens is 1. The first-order valence-electron chi connectivity index (χ1n) is 7.11. The van der Waals surface area contributed by atoms with Crippen molar-refractivity contribution in [3.8, 4) is 0 Å². The number of nitrogens with one attached hydrogen (secondary N) is 1. The van der Waals surface area contributed by atoms with Crippen molar-refractivity contribution in [2.75, 3.05) is 26.2 Å². The second-order valence-corrected chi connectivity index (χ2v) is 7.12. The van der Waals surface area contributed by atoms with Gasteiger partial charge in [0.15, 0.2) is 0 Å². The summed E-state index contributed by atoms with van der Waals surface area (Å²) in [6.45, 7) is 1.80. The summed E-state index contributed by atoms with van der Waals surface area (Å²) in [7, 11) is -1.85. The third kappa shape index (κ3) is 4.01. The van der Waals surface area contributed by atoms with E-state index < -0.39 is 10.0 Å². The average Bonchev–Trinajstić information content (AvgIpc) is 2.88. The first-order chi connectivity index (χ1) is 9.96. The number of piperidine rings is 1. The van der Waals surface area contributed by atoms with Crippen LogP contribution >= 0.6 is 12.4 Å². The molecule has 1 fully saturated rings. The van der Waals surface area contributed by atoms with Crippen LogP contribution in [-0.4, -0.2) is 49.4 Å². The normalized spacial score (nSPS) is 16.1. The van der Waals surface area contributed by atoms with Crippen molar-refractivity contribution in [1.29, 1.82) is 0 Å². The Morgan fingerprint density at radius 1 is 1.32 bits per heavy atom. The third-order valence-corrected chi connectivity index (χ3v) is 5.46. The summed E-state index contributed by atoms with van der Waals surface area (Å²) in [5.74, 6) is -0.317. The number of carbonyl (C=O) groups is 1. The molecule has 1 aliphatic rings. The van der Waals surface area contributed by atoms with Gasteiger partial charge >= 0.3 is 0 Å². The van der Waals surface area contributed by atoms with E-state index in [1.165, 1.54) is 21.1 Å². The lowest BCUT2D eigenvalue weighted by Crippen LogP contribution is -2.35. The van der Waals surface area contributed by atoms with Crippen LogP contribution in [0.5, 0.6) is 0 Å². The molecule has 22 heavy (non-hydrogen) atoms. The maximum atomic E-state index is 12.6. The molecule has 126 valence electrons.